The Balaban J connectivity index is 2.18. The number of nitrogens with zero attached hydrogens (tertiary/aromatic N) is 2. The minimum Gasteiger partial charge on any atom is -0.264 e. The summed E-state index contributed by atoms with van der Waals surface area (Å²) in [7, 11) is 0. The smallest absolute Gasteiger partial charge is 0.0708 e. The van der Waals surface area contributed by atoms with Crippen molar-refractivity contribution in [3.05, 3.63) is 73.2 Å². The van der Waals surface area contributed by atoms with Crippen LogP contribution in [-0.4, -0.2) is 9.97 Å². The highest BCUT2D eigenvalue weighted by Crippen LogP contribution is 2.29. The molecule has 0 aliphatic carbocycles. The third-order valence-corrected chi connectivity index (χ3v) is 2.84. The lowest BCUT2D eigenvalue weighted by molar-refractivity contribution is 1.31. The number of aromatic nitrogens is 2. The minimum atomic E-state index is 0.983. The van der Waals surface area contributed by atoms with Crippen LogP contribution in [0.4, 0.5) is 0 Å². The zero-order valence-corrected chi connectivity index (χ0v) is 9.82. The first-order valence-electron chi connectivity index (χ1n) is 5.86. The zero-order chi connectivity index (χ0) is 12.2. The van der Waals surface area contributed by atoms with Gasteiger partial charge in [-0.3, -0.25) is 9.97 Å². The van der Waals surface area contributed by atoms with Crippen molar-refractivity contribution in [3.63, 3.8) is 0 Å². The molecule has 1 aromatic carbocycles. The van der Waals surface area contributed by atoms with E-state index >= 15 is 0 Å². The fraction of sp³-hybridized carbons (Fsp3) is 0. The van der Waals surface area contributed by atoms with Crippen LogP contribution < -0.4 is 0 Å². The second kappa shape index (κ2) is 4.80. The van der Waals surface area contributed by atoms with Crippen LogP contribution in [0.1, 0.15) is 0 Å². The normalized spacial score (nSPS) is 10.2. The van der Waals surface area contributed by atoms with Gasteiger partial charge in [-0.25, -0.2) is 0 Å². The van der Waals surface area contributed by atoms with E-state index in [1.165, 1.54) is 0 Å². The van der Waals surface area contributed by atoms with Crippen molar-refractivity contribution in [2.24, 2.45) is 0 Å². The monoisotopic (exact) mass is 232 g/mol. The first kappa shape index (κ1) is 10.7. The molecule has 0 fully saturated rings. The predicted octanol–water partition coefficient (Wildman–Crippen LogP) is 3.81. The second-order valence-electron chi connectivity index (χ2n) is 4.00. The van der Waals surface area contributed by atoms with Gasteiger partial charge >= 0.3 is 0 Å². The van der Waals surface area contributed by atoms with E-state index in [0.717, 1.165) is 22.4 Å². The van der Waals surface area contributed by atoms with Crippen LogP contribution in [0, 0.1) is 0 Å². The average molecular weight is 232 g/mol. The molecule has 0 saturated heterocycles. The van der Waals surface area contributed by atoms with Gasteiger partial charge in [0, 0.05) is 29.7 Å². The number of hydrogen-bond acceptors (Lipinski definition) is 2. The highest BCUT2D eigenvalue weighted by Gasteiger charge is 2.06. The summed E-state index contributed by atoms with van der Waals surface area (Å²) in [6.45, 7) is 0. The maximum Gasteiger partial charge on any atom is 0.0708 e. The minimum absolute atomic E-state index is 0.983. The average Bonchev–Trinajstić information content (AvgIpc) is 2.49. The van der Waals surface area contributed by atoms with Crippen LogP contribution in [0.5, 0.6) is 0 Å². The van der Waals surface area contributed by atoms with Crippen molar-refractivity contribution >= 4 is 0 Å². The molecule has 2 heteroatoms. The van der Waals surface area contributed by atoms with Crippen LogP contribution in [0.2, 0.25) is 0 Å². The summed E-state index contributed by atoms with van der Waals surface area (Å²) >= 11 is 0. The molecule has 3 rings (SSSR count). The Bertz CT molecular complexity index is 575. The second-order valence-corrected chi connectivity index (χ2v) is 4.00. The summed E-state index contributed by atoms with van der Waals surface area (Å²) in [6, 6.07) is 18.2. The number of rotatable bonds is 2. The molecule has 2 nitrogen and oxygen atoms in total. The first-order valence-corrected chi connectivity index (χ1v) is 5.86. The van der Waals surface area contributed by atoms with Gasteiger partial charge in [-0.2, -0.15) is 0 Å². The van der Waals surface area contributed by atoms with Crippen LogP contribution in [-0.2, 0) is 0 Å². The van der Waals surface area contributed by atoms with E-state index in [-0.39, 0.29) is 0 Å². The number of hydrogen-bond donors (Lipinski definition) is 0. The van der Waals surface area contributed by atoms with Crippen LogP contribution >= 0.6 is 0 Å². The van der Waals surface area contributed by atoms with E-state index in [0.29, 0.717) is 0 Å². The highest BCUT2D eigenvalue weighted by atomic mass is 14.7. The lowest BCUT2D eigenvalue weighted by atomic mass is 9.99. The van der Waals surface area contributed by atoms with Crippen molar-refractivity contribution in [1.82, 2.24) is 9.97 Å². The quantitative estimate of drug-likeness (QED) is 0.671. The maximum atomic E-state index is 4.41. The third kappa shape index (κ3) is 2.00. The molecule has 0 bridgehead atoms. The number of benzene rings is 1. The Labute approximate surface area is 106 Å². The molecule has 0 atom stereocenters. The van der Waals surface area contributed by atoms with Gasteiger partial charge in [0.05, 0.1) is 5.69 Å². The summed E-state index contributed by atoms with van der Waals surface area (Å²) in [5.74, 6) is 0. The molecular weight excluding hydrogens is 220 g/mol. The molecule has 2 heterocycles. The lowest BCUT2D eigenvalue weighted by Gasteiger charge is -2.08. The van der Waals surface area contributed by atoms with E-state index in [1.807, 2.05) is 48.8 Å². The van der Waals surface area contributed by atoms with Gasteiger partial charge in [-0.05, 0) is 23.8 Å². The Morgan fingerprint density at radius 1 is 0.667 bits per heavy atom. The Hall–Kier alpha value is -2.48. The van der Waals surface area contributed by atoms with E-state index < -0.39 is 0 Å². The molecule has 0 unspecified atom stereocenters. The molecular formula is C16H12N2. The van der Waals surface area contributed by atoms with E-state index in [4.69, 9.17) is 0 Å². The molecule has 0 aliphatic rings. The molecule has 0 N–H and O–H groups in total. The molecule has 0 spiro atoms. The maximum absolute atomic E-state index is 4.41. The molecule has 0 aliphatic heterocycles. The van der Waals surface area contributed by atoms with Crippen LogP contribution in [0.15, 0.2) is 73.2 Å². The van der Waals surface area contributed by atoms with Crippen molar-refractivity contribution in [1.29, 1.82) is 0 Å². The molecule has 18 heavy (non-hydrogen) atoms. The van der Waals surface area contributed by atoms with Crippen molar-refractivity contribution in [3.8, 4) is 22.4 Å². The topological polar surface area (TPSA) is 25.8 Å². The molecule has 0 amide bonds. The van der Waals surface area contributed by atoms with Gasteiger partial charge in [0.15, 0.2) is 0 Å². The van der Waals surface area contributed by atoms with E-state index in [1.54, 1.807) is 6.20 Å². The Kier molecular flexibility index (Phi) is 2.84. The molecule has 3 aromatic rings. The number of pyridine rings is 2. The fourth-order valence-electron chi connectivity index (χ4n) is 2.00. The molecule has 2 aromatic heterocycles. The Morgan fingerprint density at radius 2 is 1.50 bits per heavy atom. The van der Waals surface area contributed by atoms with Gasteiger partial charge in [-0.1, -0.05) is 36.4 Å². The van der Waals surface area contributed by atoms with Crippen molar-refractivity contribution in [2.75, 3.05) is 0 Å². The highest BCUT2D eigenvalue weighted by molar-refractivity contribution is 5.81. The molecule has 86 valence electrons. The van der Waals surface area contributed by atoms with Crippen molar-refractivity contribution < 1.29 is 0 Å². The van der Waals surface area contributed by atoms with E-state index in [2.05, 4.69) is 28.2 Å². The van der Waals surface area contributed by atoms with Gasteiger partial charge < -0.3 is 0 Å². The Morgan fingerprint density at radius 3 is 2.22 bits per heavy atom. The van der Waals surface area contributed by atoms with Crippen LogP contribution in [0.25, 0.3) is 22.4 Å². The SMILES string of the molecule is c1ccc(-c2ccccc2-c2cccnc2)nc1. The molecule has 0 radical (unpaired) electrons. The lowest BCUT2D eigenvalue weighted by Crippen LogP contribution is -1.87. The summed E-state index contributed by atoms with van der Waals surface area (Å²) in [5.41, 5.74) is 4.38. The third-order valence-electron chi connectivity index (χ3n) is 2.84. The first-order chi connectivity index (χ1) is 8.95. The van der Waals surface area contributed by atoms with Crippen molar-refractivity contribution in [2.45, 2.75) is 0 Å². The van der Waals surface area contributed by atoms with Crippen LogP contribution in [0.3, 0.4) is 0 Å². The zero-order valence-electron chi connectivity index (χ0n) is 9.82. The van der Waals surface area contributed by atoms with Gasteiger partial charge in [0.25, 0.3) is 0 Å². The van der Waals surface area contributed by atoms with Gasteiger partial charge in [0.1, 0.15) is 0 Å². The van der Waals surface area contributed by atoms with Gasteiger partial charge in [0.2, 0.25) is 0 Å². The van der Waals surface area contributed by atoms with Gasteiger partial charge in [-0.15, -0.1) is 0 Å². The summed E-state index contributed by atoms with van der Waals surface area (Å²) in [6.07, 6.45) is 5.48. The molecule has 0 saturated carbocycles. The fourth-order valence-corrected chi connectivity index (χ4v) is 2.00. The standard InChI is InChI=1S/C16H12N2/c1-2-8-15(16-9-3-4-11-18-16)14(7-1)13-6-5-10-17-12-13/h1-12H. The predicted molar refractivity (Wildman–Crippen MR) is 72.9 cm³/mol. The summed E-state index contributed by atoms with van der Waals surface area (Å²) in [5, 5.41) is 0. The largest absolute Gasteiger partial charge is 0.264 e. The summed E-state index contributed by atoms with van der Waals surface area (Å²) < 4.78 is 0. The summed E-state index contributed by atoms with van der Waals surface area (Å²) in [4.78, 5) is 8.59. The van der Waals surface area contributed by atoms with E-state index in [9.17, 15) is 0 Å².